The fourth-order valence-electron chi connectivity index (χ4n) is 5.97. The normalized spacial score (nSPS) is 19.9. The summed E-state index contributed by atoms with van der Waals surface area (Å²) < 4.78 is 1.62. The molecule has 2 aliphatic rings. The Balaban J connectivity index is 1.76. The summed E-state index contributed by atoms with van der Waals surface area (Å²) in [4.78, 5) is 47.1. The molecule has 9 nitrogen and oxygen atoms in total. The van der Waals surface area contributed by atoms with Crippen molar-refractivity contribution in [1.29, 1.82) is 0 Å². The van der Waals surface area contributed by atoms with Crippen molar-refractivity contribution in [2.24, 2.45) is 0 Å². The van der Waals surface area contributed by atoms with Gasteiger partial charge in [0.05, 0.1) is 21.8 Å². The van der Waals surface area contributed by atoms with E-state index < -0.39 is 5.69 Å². The van der Waals surface area contributed by atoms with Gasteiger partial charge in [0.15, 0.2) is 5.65 Å². The second-order valence-electron chi connectivity index (χ2n) is 11.3. The zero-order valence-electron chi connectivity index (χ0n) is 24.0. The molecule has 2 fully saturated rings. The first-order valence-electron chi connectivity index (χ1n) is 14.2. The quantitative estimate of drug-likeness (QED) is 0.410. The highest BCUT2D eigenvalue weighted by atomic mass is 35.5. The standard InChI is InChI=1S/C30H38ClN7O2/c1-7-24(39)36-16-21(6)37(17-20(36)5)27-22-15-23(31)29(35-13-9-8-10-14-35)33-28(22)38(30(40)34-27)26-19(4)11-12-32-25(26)18(2)3/h7,11-12,15,18,20-21H,1,8-10,13-14,16-17H2,2-6H3/t20-,21+/m1/s1. The van der Waals surface area contributed by atoms with E-state index >= 15 is 0 Å². The zero-order chi connectivity index (χ0) is 28.7. The van der Waals surface area contributed by atoms with E-state index in [-0.39, 0.29) is 23.9 Å². The Morgan fingerprint density at radius 2 is 1.82 bits per heavy atom. The molecule has 2 atom stereocenters. The number of amides is 1. The van der Waals surface area contributed by atoms with E-state index in [0.29, 0.717) is 46.5 Å². The molecule has 0 unspecified atom stereocenters. The van der Waals surface area contributed by atoms with E-state index in [1.807, 2.05) is 37.8 Å². The molecule has 10 heteroatoms. The van der Waals surface area contributed by atoms with Crippen LogP contribution >= 0.6 is 11.6 Å². The zero-order valence-corrected chi connectivity index (χ0v) is 24.8. The molecule has 40 heavy (non-hydrogen) atoms. The minimum Gasteiger partial charge on any atom is -0.355 e. The van der Waals surface area contributed by atoms with Crippen LogP contribution in [0.2, 0.25) is 5.02 Å². The average Bonchev–Trinajstić information content (AvgIpc) is 2.94. The molecule has 0 saturated carbocycles. The summed E-state index contributed by atoms with van der Waals surface area (Å²) in [5.74, 6) is 1.21. The van der Waals surface area contributed by atoms with Gasteiger partial charge >= 0.3 is 5.69 Å². The summed E-state index contributed by atoms with van der Waals surface area (Å²) in [6.45, 7) is 16.6. The van der Waals surface area contributed by atoms with Gasteiger partial charge in [-0.2, -0.15) is 4.98 Å². The van der Waals surface area contributed by atoms with Gasteiger partial charge in [-0.1, -0.05) is 32.0 Å². The third-order valence-electron chi connectivity index (χ3n) is 8.08. The lowest BCUT2D eigenvalue weighted by Gasteiger charge is -2.44. The summed E-state index contributed by atoms with van der Waals surface area (Å²) in [7, 11) is 0. The van der Waals surface area contributed by atoms with Crippen LogP contribution in [-0.2, 0) is 4.79 Å². The molecule has 1 amide bonds. The number of hydrogen-bond donors (Lipinski definition) is 0. The van der Waals surface area contributed by atoms with Crippen LogP contribution in [0.25, 0.3) is 16.7 Å². The number of pyridine rings is 2. The van der Waals surface area contributed by atoms with E-state index in [2.05, 4.69) is 40.2 Å². The summed E-state index contributed by atoms with van der Waals surface area (Å²) in [6.07, 6.45) is 6.46. The Labute approximate surface area is 240 Å². The van der Waals surface area contributed by atoms with Gasteiger partial charge in [-0.05, 0) is 69.7 Å². The van der Waals surface area contributed by atoms with Crippen LogP contribution in [0.5, 0.6) is 0 Å². The third kappa shape index (κ3) is 4.96. The fraction of sp³-hybridized carbons (Fsp3) is 0.500. The number of anilines is 2. The predicted molar refractivity (Wildman–Crippen MR) is 161 cm³/mol. The van der Waals surface area contributed by atoms with E-state index in [9.17, 15) is 9.59 Å². The van der Waals surface area contributed by atoms with Crippen molar-refractivity contribution in [2.75, 3.05) is 36.0 Å². The van der Waals surface area contributed by atoms with Gasteiger partial charge < -0.3 is 14.7 Å². The van der Waals surface area contributed by atoms with E-state index in [0.717, 1.165) is 37.2 Å². The van der Waals surface area contributed by atoms with Crippen molar-refractivity contribution < 1.29 is 4.79 Å². The van der Waals surface area contributed by atoms with Gasteiger partial charge in [0.1, 0.15) is 11.6 Å². The Morgan fingerprint density at radius 1 is 1.10 bits per heavy atom. The molecule has 212 valence electrons. The molecule has 5 heterocycles. The van der Waals surface area contributed by atoms with Crippen LogP contribution in [0.4, 0.5) is 11.6 Å². The highest BCUT2D eigenvalue weighted by Crippen LogP contribution is 2.36. The molecule has 2 saturated heterocycles. The number of nitrogens with zero attached hydrogens (tertiary/aromatic N) is 7. The summed E-state index contributed by atoms with van der Waals surface area (Å²) >= 11 is 6.93. The van der Waals surface area contributed by atoms with Gasteiger partial charge in [0.25, 0.3) is 0 Å². The molecule has 0 aliphatic carbocycles. The lowest BCUT2D eigenvalue weighted by Crippen LogP contribution is -2.58. The smallest absolute Gasteiger partial charge is 0.355 e. The molecule has 3 aromatic rings. The van der Waals surface area contributed by atoms with Crippen LogP contribution in [0, 0.1) is 6.92 Å². The SMILES string of the molecule is C=CC(=O)N1C[C@H](C)N(c2nc(=O)n(-c3c(C)ccnc3C(C)C)c3nc(N4CCCCC4)c(Cl)cc23)C[C@H]1C. The average molecular weight is 564 g/mol. The first kappa shape index (κ1) is 28.1. The van der Waals surface area contributed by atoms with Crippen molar-refractivity contribution in [3.05, 3.63) is 57.7 Å². The van der Waals surface area contributed by atoms with Crippen LogP contribution in [0.1, 0.15) is 64.1 Å². The van der Waals surface area contributed by atoms with Gasteiger partial charge in [0, 0.05) is 44.5 Å². The van der Waals surface area contributed by atoms with Crippen molar-refractivity contribution in [3.8, 4) is 5.69 Å². The van der Waals surface area contributed by atoms with Gasteiger partial charge in [-0.15, -0.1) is 0 Å². The molecular formula is C30H38ClN7O2. The molecular weight excluding hydrogens is 526 g/mol. The van der Waals surface area contributed by atoms with E-state index in [1.54, 1.807) is 10.8 Å². The minimum atomic E-state index is -0.413. The van der Waals surface area contributed by atoms with Crippen molar-refractivity contribution in [1.82, 2.24) is 24.4 Å². The van der Waals surface area contributed by atoms with Crippen molar-refractivity contribution in [2.45, 2.75) is 71.9 Å². The number of aryl methyl sites for hydroxylation is 1. The number of aromatic nitrogens is 4. The predicted octanol–water partition coefficient (Wildman–Crippen LogP) is 4.86. The fourth-order valence-corrected chi connectivity index (χ4v) is 6.25. The monoisotopic (exact) mass is 563 g/mol. The maximum atomic E-state index is 14.0. The first-order chi connectivity index (χ1) is 19.1. The number of piperazine rings is 1. The minimum absolute atomic E-state index is 0.0849. The number of rotatable bonds is 5. The van der Waals surface area contributed by atoms with E-state index in [1.165, 1.54) is 12.5 Å². The maximum Gasteiger partial charge on any atom is 0.355 e. The topological polar surface area (TPSA) is 87.5 Å². The van der Waals surface area contributed by atoms with Crippen LogP contribution in [0.3, 0.4) is 0 Å². The Bertz CT molecular complexity index is 1510. The highest BCUT2D eigenvalue weighted by molar-refractivity contribution is 6.33. The molecule has 0 N–H and O–H groups in total. The van der Waals surface area contributed by atoms with Gasteiger partial charge in [0.2, 0.25) is 5.91 Å². The molecule has 0 bridgehead atoms. The second-order valence-corrected chi connectivity index (χ2v) is 11.7. The molecule has 0 radical (unpaired) electrons. The first-order valence-corrected chi connectivity index (χ1v) is 14.5. The van der Waals surface area contributed by atoms with Crippen molar-refractivity contribution >= 4 is 40.2 Å². The summed E-state index contributed by atoms with van der Waals surface area (Å²) in [6, 6.07) is 3.64. The lowest BCUT2D eigenvalue weighted by atomic mass is 10.0. The Hall–Kier alpha value is -3.46. The van der Waals surface area contributed by atoms with Gasteiger partial charge in [-0.3, -0.25) is 9.78 Å². The maximum absolute atomic E-state index is 14.0. The van der Waals surface area contributed by atoms with Crippen LogP contribution in [0.15, 0.2) is 35.8 Å². The molecule has 0 spiro atoms. The van der Waals surface area contributed by atoms with Crippen molar-refractivity contribution in [3.63, 3.8) is 0 Å². The lowest BCUT2D eigenvalue weighted by molar-refractivity contribution is -0.128. The number of fused-ring (bicyclic) bond motifs is 1. The van der Waals surface area contributed by atoms with Gasteiger partial charge in [-0.25, -0.2) is 14.3 Å². The van der Waals surface area contributed by atoms with E-state index in [4.69, 9.17) is 16.6 Å². The van der Waals surface area contributed by atoms with Crippen LogP contribution < -0.4 is 15.5 Å². The molecule has 2 aliphatic heterocycles. The Morgan fingerprint density at radius 3 is 2.50 bits per heavy atom. The number of piperidine rings is 1. The molecule has 3 aromatic heterocycles. The number of carbonyl (C=O) groups is 1. The summed E-state index contributed by atoms with van der Waals surface area (Å²) in [5, 5.41) is 1.24. The number of hydrogen-bond acceptors (Lipinski definition) is 7. The van der Waals surface area contributed by atoms with Crippen LogP contribution in [-0.4, -0.2) is 68.6 Å². The summed E-state index contributed by atoms with van der Waals surface area (Å²) in [5.41, 5.74) is 2.56. The largest absolute Gasteiger partial charge is 0.355 e. The second kappa shape index (κ2) is 11.2. The highest BCUT2D eigenvalue weighted by Gasteiger charge is 2.34. The number of carbonyl (C=O) groups excluding carboxylic acids is 1. The molecule has 0 aromatic carbocycles. The molecule has 5 rings (SSSR count). The third-order valence-corrected chi connectivity index (χ3v) is 8.36. The number of halogens is 1. The Kier molecular flexibility index (Phi) is 7.86.